The van der Waals surface area contributed by atoms with Gasteiger partial charge in [-0.05, 0) is 39.8 Å². The van der Waals surface area contributed by atoms with E-state index in [2.05, 4.69) is 0 Å². The predicted octanol–water partition coefficient (Wildman–Crippen LogP) is 2.40. The minimum absolute atomic E-state index is 0.0974. The van der Waals surface area contributed by atoms with Crippen LogP contribution in [0.2, 0.25) is 0 Å². The Bertz CT molecular complexity index is 549. The Hall–Kier alpha value is -1.75. The molecule has 2 aliphatic heterocycles. The molecule has 1 aromatic rings. The lowest BCUT2D eigenvalue weighted by molar-refractivity contribution is -0.0432. The SMILES string of the molecule is CC1(C)COC(C)(C)N1C(=O)c1cccc2c1OCO2. The van der Waals surface area contributed by atoms with E-state index < -0.39 is 5.72 Å². The lowest BCUT2D eigenvalue weighted by Crippen LogP contribution is -2.52. The van der Waals surface area contributed by atoms with Gasteiger partial charge in [0.1, 0.15) is 5.72 Å². The maximum atomic E-state index is 12.9. The van der Waals surface area contributed by atoms with Gasteiger partial charge in [0.15, 0.2) is 11.5 Å². The van der Waals surface area contributed by atoms with Gasteiger partial charge in [0.05, 0.1) is 17.7 Å². The normalized spacial score (nSPS) is 22.1. The number of fused-ring (bicyclic) bond motifs is 1. The van der Waals surface area contributed by atoms with Crippen molar-refractivity contribution in [1.29, 1.82) is 0 Å². The average Bonchev–Trinajstić information content (AvgIpc) is 2.91. The summed E-state index contributed by atoms with van der Waals surface area (Å²) in [7, 11) is 0. The second-order valence-corrected chi connectivity index (χ2v) is 6.23. The number of ether oxygens (including phenoxy) is 3. The highest BCUT2D eigenvalue weighted by molar-refractivity contribution is 5.99. The Labute approximate surface area is 118 Å². The van der Waals surface area contributed by atoms with Crippen molar-refractivity contribution in [3.05, 3.63) is 23.8 Å². The lowest BCUT2D eigenvalue weighted by atomic mass is 10.0. The highest BCUT2D eigenvalue weighted by atomic mass is 16.7. The Morgan fingerprint density at radius 2 is 1.95 bits per heavy atom. The van der Waals surface area contributed by atoms with Crippen molar-refractivity contribution in [2.24, 2.45) is 0 Å². The van der Waals surface area contributed by atoms with Crippen LogP contribution in [0, 0.1) is 0 Å². The quantitative estimate of drug-likeness (QED) is 0.791. The summed E-state index contributed by atoms with van der Waals surface area (Å²) in [6.07, 6.45) is 0. The van der Waals surface area contributed by atoms with Gasteiger partial charge in [-0.1, -0.05) is 6.07 Å². The van der Waals surface area contributed by atoms with Gasteiger partial charge in [0.25, 0.3) is 5.91 Å². The standard InChI is InChI=1S/C15H19NO4/c1-14(2)8-20-15(3,4)16(14)13(17)10-6-5-7-11-12(10)19-9-18-11/h5-7H,8-9H2,1-4H3. The summed E-state index contributed by atoms with van der Waals surface area (Å²) in [6.45, 7) is 8.47. The summed E-state index contributed by atoms with van der Waals surface area (Å²) in [5.41, 5.74) is -0.474. The molecule has 0 saturated carbocycles. The number of para-hydroxylation sites is 1. The van der Waals surface area contributed by atoms with Crippen LogP contribution in [-0.4, -0.2) is 35.5 Å². The van der Waals surface area contributed by atoms with E-state index in [1.165, 1.54) is 0 Å². The Morgan fingerprint density at radius 3 is 2.60 bits per heavy atom. The van der Waals surface area contributed by atoms with Crippen molar-refractivity contribution in [3.8, 4) is 11.5 Å². The molecule has 5 nitrogen and oxygen atoms in total. The molecule has 1 aromatic carbocycles. The Kier molecular flexibility index (Phi) is 2.73. The minimum atomic E-state index is -0.636. The van der Waals surface area contributed by atoms with Crippen LogP contribution in [-0.2, 0) is 4.74 Å². The van der Waals surface area contributed by atoms with Crippen molar-refractivity contribution in [1.82, 2.24) is 4.90 Å². The van der Waals surface area contributed by atoms with Crippen LogP contribution in [0.15, 0.2) is 18.2 Å². The maximum absolute atomic E-state index is 12.9. The second-order valence-electron chi connectivity index (χ2n) is 6.23. The Morgan fingerprint density at radius 1 is 1.20 bits per heavy atom. The molecule has 108 valence electrons. The third kappa shape index (κ3) is 1.85. The topological polar surface area (TPSA) is 48.0 Å². The van der Waals surface area contributed by atoms with Crippen LogP contribution in [0.4, 0.5) is 0 Å². The molecule has 0 N–H and O–H groups in total. The van der Waals surface area contributed by atoms with Crippen LogP contribution >= 0.6 is 0 Å². The summed E-state index contributed by atoms with van der Waals surface area (Å²) in [4.78, 5) is 14.7. The molecule has 0 aliphatic carbocycles. The molecule has 0 aromatic heterocycles. The molecule has 0 bridgehead atoms. The number of carbonyl (C=O) groups is 1. The molecule has 1 amide bonds. The van der Waals surface area contributed by atoms with Crippen molar-refractivity contribution in [3.63, 3.8) is 0 Å². The number of carbonyl (C=O) groups excluding carboxylic acids is 1. The van der Waals surface area contributed by atoms with E-state index in [9.17, 15) is 4.79 Å². The fourth-order valence-corrected chi connectivity index (χ4v) is 2.95. The first-order valence-corrected chi connectivity index (χ1v) is 6.70. The van der Waals surface area contributed by atoms with E-state index in [0.29, 0.717) is 23.7 Å². The molecular weight excluding hydrogens is 258 g/mol. The zero-order valence-corrected chi connectivity index (χ0v) is 12.2. The maximum Gasteiger partial charge on any atom is 0.260 e. The molecular formula is C15H19NO4. The highest BCUT2D eigenvalue weighted by Crippen LogP contribution is 2.40. The fraction of sp³-hybridized carbons (Fsp3) is 0.533. The average molecular weight is 277 g/mol. The smallest absolute Gasteiger partial charge is 0.260 e. The van der Waals surface area contributed by atoms with Gasteiger partial charge in [-0.3, -0.25) is 4.79 Å². The molecule has 3 rings (SSSR count). The number of hydrogen-bond acceptors (Lipinski definition) is 4. The van der Waals surface area contributed by atoms with Crippen molar-refractivity contribution in [2.45, 2.75) is 39.0 Å². The molecule has 0 spiro atoms. The van der Waals surface area contributed by atoms with Gasteiger partial charge in [0.2, 0.25) is 6.79 Å². The number of hydrogen-bond donors (Lipinski definition) is 0. The number of nitrogens with zero attached hydrogens (tertiary/aromatic N) is 1. The van der Waals surface area contributed by atoms with Gasteiger partial charge < -0.3 is 19.1 Å². The summed E-state index contributed by atoms with van der Waals surface area (Å²) < 4.78 is 16.5. The van der Waals surface area contributed by atoms with Crippen LogP contribution in [0.3, 0.4) is 0 Å². The van der Waals surface area contributed by atoms with Gasteiger partial charge >= 0.3 is 0 Å². The third-order valence-electron chi connectivity index (χ3n) is 3.75. The predicted molar refractivity (Wildman–Crippen MR) is 72.8 cm³/mol. The van der Waals surface area contributed by atoms with Crippen LogP contribution in [0.5, 0.6) is 11.5 Å². The third-order valence-corrected chi connectivity index (χ3v) is 3.75. The lowest BCUT2D eigenvalue weighted by Gasteiger charge is -2.38. The van der Waals surface area contributed by atoms with Gasteiger partial charge in [-0.25, -0.2) is 0 Å². The summed E-state index contributed by atoms with van der Waals surface area (Å²) >= 11 is 0. The molecule has 1 fully saturated rings. The molecule has 20 heavy (non-hydrogen) atoms. The first-order valence-electron chi connectivity index (χ1n) is 6.70. The Balaban J connectivity index is 2.03. The molecule has 2 heterocycles. The van der Waals surface area contributed by atoms with Crippen LogP contribution in [0.1, 0.15) is 38.1 Å². The van der Waals surface area contributed by atoms with E-state index in [4.69, 9.17) is 14.2 Å². The van der Waals surface area contributed by atoms with E-state index in [1.807, 2.05) is 27.7 Å². The van der Waals surface area contributed by atoms with Crippen molar-refractivity contribution >= 4 is 5.91 Å². The first-order chi connectivity index (χ1) is 9.33. The van der Waals surface area contributed by atoms with Gasteiger partial charge in [-0.2, -0.15) is 0 Å². The van der Waals surface area contributed by atoms with E-state index in [1.54, 1.807) is 23.1 Å². The summed E-state index contributed by atoms with van der Waals surface area (Å²) in [6, 6.07) is 5.37. The zero-order chi connectivity index (χ0) is 14.5. The number of rotatable bonds is 1. The first kappa shape index (κ1) is 13.2. The number of benzene rings is 1. The summed E-state index contributed by atoms with van der Waals surface area (Å²) in [5.74, 6) is 1.04. The largest absolute Gasteiger partial charge is 0.454 e. The number of amides is 1. The van der Waals surface area contributed by atoms with Crippen LogP contribution < -0.4 is 9.47 Å². The fourth-order valence-electron chi connectivity index (χ4n) is 2.95. The molecule has 0 unspecified atom stereocenters. The van der Waals surface area contributed by atoms with E-state index >= 15 is 0 Å². The van der Waals surface area contributed by atoms with Gasteiger partial charge in [0, 0.05) is 0 Å². The molecule has 5 heteroatoms. The van der Waals surface area contributed by atoms with E-state index in [0.717, 1.165) is 0 Å². The molecule has 1 saturated heterocycles. The van der Waals surface area contributed by atoms with Crippen LogP contribution in [0.25, 0.3) is 0 Å². The molecule has 2 aliphatic rings. The molecule has 0 radical (unpaired) electrons. The van der Waals surface area contributed by atoms with Crippen molar-refractivity contribution < 1.29 is 19.0 Å². The van der Waals surface area contributed by atoms with Gasteiger partial charge in [-0.15, -0.1) is 0 Å². The molecule has 0 atom stereocenters. The highest BCUT2D eigenvalue weighted by Gasteiger charge is 2.49. The van der Waals surface area contributed by atoms with E-state index in [-0.39, 0.29) is 18.2 Å². The minimum Gasteiger partial charge on any atom is -0.454 e. The summed E-state index contributed by atoms with van der Waals surface area (Å²) in [5, 5.41) is 0. The van der Waals surface area contributed by atoms with Crippen molar-refractivity contribution in [2.75, 3.05) is 13.4 Å². The second kappa shape index (κ2) is 4.12. The monoisotopic (exact) mass is 277 g/mol. The zero-order valence-electron chi connectivity index (χ0n) is 12.2.